The van der Waals surface area contributed by atoms with Gasteiger partial charge in [-0.25, -0.2) is 17.9 Å². The van der Waals surface area contributed by atoms with E-state index >= 15 is 0 Å². The van der Waals surface area contributed by atoms with Gasteiger partial charge in [-0.3, -0.25) is 0 Å². The minimum atomic E-state index is -3.35. The zero-order chi connectivity index (χ0) is 21.0. The molecule has 0 aromatic heterocycles. The van der Waals surface area contributed by atoms with Crippen LogP contribution < -0.4 is 4.72 Å². The van der Waals surface area contributed by atoms with Gasteiger partial charge in [0.25, 0.3) is 0 Å². The van der Waals surface area contributed by atoms with Crippen molar-refractivity contribution >= 4 is 16.1 Å². The minimum Gasteiger partial charge on any atom is -0.376 e. The maximum absolute atomic E-state index is 12.5. The highest BCUT2D eigenvalue weighted by molar-refractivity contribution is 7.88. The SMILES string of the molecule is CN(C)C(=O)N1CC[C@@H](NS(C)(=O)=O)[C@H]1CO[C@H]1CC[C@@H](c2ccccc2)CC1. The highest BCUT2D eigenvalue weighted by Gasteiger charge is 2.39. The summed E-state index contributed by atoms with van der Waals surface area (Å²) in [6.45, 7) is 0.881. The predicted molar refractivity (Wildman–Crippen MR) is 113 cm³/mol. The lowest BCUT2D eigenvalue weighted by molar-refractivity contribution is -0.00207. The number of rotatable bonds is 6. The van der Waals surface area contributed by atoms with Crippen LogP contribution in [-0.2, 0) is 14.8 Å². The van der Waals surface area contributed by atoms with Gasteiger partial charge in [-0.15, -0.1) is 0 Å². The van der Waals surface area contributed by atoms with Gasteiger partial charge in [0.15, 0.2) is 0 Å². The lowest BCUT2D eigenvalue weighted by atomic mass is 9.83. The van der Waals surface area contributed by atoms with Crippen molar-refractivity contribution in [3.63, 3.8) is 0 Å². The molecule has 2 fully saturated rings. The quantitative estimate of drug-likeness (QED) is 0.762. The summed E-state index contributed by atoms with van der Waals surface area (Å²) in [5.74, 6) is 0.578. The highest BCUT2D eigenvalue weighted by atomic mass is 32.2. The number of ether oxygens (including phenoxy) is 1. The van der Waals surface area contributed by atoms with E-state index in [2.05, 4.69) is 29.0 Å². The third-order valence-electron chi connectivity index (χ3n) is 5.99. The molecule has 0 unspecified atom stereocenters. The van der Waals surface area contributed by atoms with E-state index in [0.29, 0.717) is 25.5 Å². The molecule has 1 saturated carbocycles. The van der Waals surface area contributed by atoms with Gasteiger partial charge in [0.1, 0.15) is 0 Å². The van der Waals surface area contributed by atoms with Gasteiger partial charge in [-0.2, -0.15) is 0 Å². The molecular weight excluding hydrogens is 390 g/mol. The normalized spacial score (nSPS) is 27.8. The fraction of sp³-hybridized carbons (Fsp3) is 0.667. The van der Waals surface area contributed by atoms with E-state index in [1.54, 1.807) is 19.0 Å². The first-order chi connectivity index (χ1) is 13.7. The van der Waals surface area contributed by atoms with Gasteiger partial charge >= 0.3 is 6.03 Å². The molecule has 1 aromatic rings. The molecule has 0 spiro atoms. The van der Waals surface area contributed by atoms with Crippen LogP contribution in [0.15, 0.2) is 30.3 Å². The lowest BCUT2D eigenvalue weighted by Gasteiger charge is -2.33. The summed E-state index contributed by atoms with van der Waals surface area (Å²) in [4.78, 5) is 15.8. The summed E-state index contributed by atoms with van der Waals surface area (Å²) in [6.07, 6.45) is 6.06. The van der Waals surface area contributed by atoms with Crippen molar-refractivity contribution < 1.29 is 17.9 Å². The molecule has 0 bridgehead atoms. The third kappa shape index (κ3) is 5.93. The molecule has 1 saturated heterocycles. The number of urea groups is 1. The Morgan fingerprint density at radius 2 is 1.79 bits per heavy atom. The summed E-state index contributed by atoms with van der Waals surface area (Å²) in [6, 6.07) is 9.89. The largest absolute Gasteiger partial charge is 0.376 e. The molecule has 3 rings (SSSR count). The molecule has 162 valence electrons. The predicted octanol–water partition coefficient (Wildman–Crippen LogP) is 2.40. The second-order valence-corrected chi connectivity index (χ2v) is 10.2. The van der Waals surface area contributed by atoms with E-state index in [0.717, 1.165) is 31.9 Å². The van der Waals surface area contributed by atoms with Crippen molar-refractivity contribution in [2.24, 2.45) is 0 Å². The number of nitrogens with one attached hydrogen (secondary N) is 1. The lowest BCUT2D eigenvalue weighted by Crippen LogP contribution is -2.51. The second-order valence-electron chi connectivity index (χ2n) is 8.44. The Balaban J connectivity index is 1.58. The molecule has 2 aliphatic rings. The third-order valence-corrected chi connectivity index (χ3v) is 6.72. The Labute approximate surface area is 174 Å². The van der Waals surface area contributed by atoms with Crippen molar-refractivity contribution in [1.82, 2.24) is 14.5 Å². The molecule has 1 heterocycles. The number of carbonyl (C=O) groups is 1. The summed E-state index contributed by atoms with van der Waals surface area (Å²) >= 11 is 0. The molecule has 1 aromatic carbocycles. The second kappa shape index (κ2) is 9.45. The van der Waals surface area contributed by atoms with Gasteiger partial charge < -0.3 is 14.5 Å². The van der Waals surface area contributed by atoms with E-state index in [4.69, 9.17) is 4.74 Å². The van der Waals surface area contributed by atoms with Gasteiger partial charge in [0.2, 0.25) is 10.0 Å². The fourth-order valence-electron chi connectivity index (χ4n) is 4.49. The summed E-state index contributed by atoms with van der Waals surface area (Å²) < 4.78 is 32.4. The maximum atomic E-state index is 12.5. The van der Waals surface area contributed by atoms with E-state index < -0.39 is 10.0 Å². The van der Waals surface area contributed by atoms with Gasteiger partial charge in [-0.1, -0.05) is 30.3 Å². The highest BCUT2D eigenvalue weighted by Crippen LogP contribution is 2.34. The summed E-state index contributed by atoms with van der Waals surface area (Å²) in [5.41, 5.74) is 1.39. The smallest absolute Gasteiger partial charge is 0.319 e. The number of hydrogen-bond donors (Lipinski definition) is 1. The number of nitrogens with zero attached hydrogens (tertiary/aromatic N) is 2. The van der Waals surface area contributed by atoms with Crippen LogP contribution in [-0.4, -0.2) is 75.9 Å². The van der Waals surface area contributed by atoms with Crippen molar-refractivity contribution in [2.75, 3.05) is 33.5 Å². The number of benzene rings is 1. The van der Waals surface area contributed by atoms with E-state index in [9.17, 15) is 13.2 Å². The number of hydrogen-bond acceptors (Lipinski definition) is 4. The van der Waals surface area contributed by atoms with Gasteiger partial charge in [0, 0.05) is 26.7 Å². The molecule has 1 aliphatic carbocycles. The fourth-order valence-corrected chi connectivity index (χ4v) is 5.31. The van der Waals surface area contributed by atoms with Crippen LogP contribution in [0.4, 0.5) is 4.79 Å². The Morgan fingerprint density at radius 3 is 2.38 bits per heavy atom. The average molecular weight is 424 g/mol. The first-order valence-electron chi connectivity index (χ1n) is 10.4. The Hall–Kier alpha value is -1.64. The maximum Gasteiger partial charge on any atom is 0.319 e. The van der Waals surface area contributed by atoms with Crippen molar-refractivity contribution in [1.29, 1.82) is 0 Å². The summed E-state index contributed by atoms with van der Waals surface area (Å²) in [7, 11) is 0.0734. The number of likely N-dealkylation sites (tertiary alicyclic amines) is 1. The minimum absolute atomic E-state index is 0.107. The molecule has 7 nitrogen and oxygen atoms in total. The van der Waals surface area contributed by atoms with Crippen LogP contribution in [0.25, 0.3) is 0 Å². The van der Waals surface area contributed by atoms with Crippen LogP contribution in [0.1, 0.15) is 43.6 Å². The van der Waals surface area contributed by atoms with Crippen molar-refractivity contribution in [3.05, 3.63) is 35.9 Å². The number of sulfonamides is 1. The van der Waals surface area contributed by atoms with Crippen molar-refractivity contribution in [2.45, 2.75) is 56.2 Å². The zero-order valence-corrected chi connectivity index (χ0v) is 18.4. The van der Waals surface area contributed by atoms with E-state index in [1.807, 2.05) is 6.07 Å². The van der Waals surface area contributed by atoms with Crippen molar-refractivity contribution in [3.8, 4) is 0 Å². The van der Waals surface area contributed by atoms with Crippen LogP contribution in [0, 0.1) is 0 Å². The number of amides is 2. The number of carbonyl (C=O) groups excluding carboxylic acids is 1. The molecule has 29 heavy (non-hydrogen) atoms. The monoisotopic (exact) mass is 423 g/mol. The Kier molecular flexibility index (Phi) is 7.19. The first-order valence-corrected chi connectivity index (χ1v) is 12.3. The molecule has 8 heteroatoms. The van der Waals surface area contributed by atoms with Crippen LogP contribution in [0.2, 0.25) is 0 Å². The van der Waals surface area contributed by atoms with E-state index in [1.165, 1.54) is 10.5 Å². The van der Waals surface area contributed by atoms with E-state index in [-0.39, 0.29) is 24.2 Å². The summed E-state index contributed by atoms with van der Waals surface area (Å²) in [5, 5.41) is 0. The van der Waals surface area contributed by atoms with Gasteiger partial charge in [-0.05, 0) is 43.6 Å². The molecule has 1 N–H and O–H groups in total. The molecule has 2 atom stereocenters. The topological polar surface area (TPSA) is 79.0 Å². The first kappa shape index (κ1) is 22.1. The van der Waals surface area contributed by atoms with Crippen LogP contribution in [0.5, 0.6) is 0 Å². The molecule has 0 radical (unpaired) electrons. The van der Waals surface area contributed by atoms with Crippen LogP contribution in [0.3, 0.4) is 0 Å². The standard InChI is InChI=1S/C21H33N3O4S/c1-23(2)21(25)24-14-13-19(22-29(3,26)27)20(24)15-28-18-11-9-17(10-12-18)16-7-5-4-6-8-16/h4-8,17-20,22H,9-15H2,1-3H3/t17-,18+,19-,20-/m1/s1. The average Bonchev–Trinajstić information content (AvgIpc) is 3.07. The van der Waals surface area contributed by atoms with Crippen LogP contribution >= 0.6 is 0 Å². The zero-order valence-electron chi connectivity index (χ0n) is 17.6. The van der Waals surface area contributed by atoms with Gasteiger partial charge in [0.05, 0.1) is 25.0 Å². The Morgan fingerprint density at radius 1 is 1.14 bits per heavy atom. The Bertz CT molecular complexity index is 776. The molecule has 1 aliphatic heterocycles. The molecule has 2 amide bonds. The molecular formula is C21H33N3O4S.